The summed E-state index contributed by atoms with van der Waals surface area (Å²) < 4.78 is 0. The molecular weight excluding hydrogens is 567 g/mol. The van der Waals surface area contributed by atoms with E-state index in [-0.39, 0.29) is 37.1 Å². The maximum absolute atomic E-state index is 13.6. The predicted octanol–water partition coefficient (Wildman–Crippen LogP) is 6.70. The number of rotatable bonds is 7. The number of amides is 4. The average Bonchev–Trinajstić information content (AvgIpc) is 3.11. The van der Waals surface area contributed by atoms with Crippen molar-refractivity contribution in [3.05, 3.63) is 63.6 Å². The number of likely N-dealkylation sites (tertiary alicyclic amines) is 1. The number of carbonyl (C=O) groups is 3. The van der Waals surface area contributed by atoms with Gasteiger partial charge < -0.3 is 20.0 Å². The minimum absolute atomic E-state index is 0. The molecule has 10 heteroatoms. The molecule has 0 bridgehead atoms. The topological polar surface area (TPSA) is 73.0 Å². The molecule has 3 heterocycles. The van der Waals surface area contributed by atoms with E-state index >= 15 is 0 Å². The third-order valence-corrected chi connectivity index (χ3v) is 10.2. The molecule has 3 aliphatic heterocycles. The van der Waals surface area contributed by atoms with Crippen molar-refractivity contribution in [2.24, 2.45) is 5.92 Å². The molecule has 216 valence electrons. The van der Waals surface area contributed by atoms with Crippen molar-refractivity contribution in [3.8, 4) is 0 Å². The SMILES string of the molecule is CC(C)CCN1C(=O)C(CC(=O)N2CCC(N3CCc4ccccc4NC3=O)CC2)SC1c1c(Cl)cccc1Cl.[HH]. The van der Waals surface area contributed by atoms with Crippen LogP contribution >= 0.6 is 35.0 Å². The Bertz CT molecular complexity index is 1250. The summed E-state index contributed by atoms with van der Waals surface area (Å²) in [6.45, 7) is 6.65. The Morgan fingerprint density at radius 2 is 1.75 bits per heavy atom. The van der Waals surface area contributed by atoms with Crippen LogP contribution < -0.4 is 5.32 Å². The first-order valence-corrected chi connectivity index (χ1v) is 15.8. The van der Waals surface area contributed by atoms with Crippen molar-refractivity contribution in [1.82, 2.24) is 14.7 Å². The van der Waals surface area contributed by atoms with Crippen molar-refractivity contribution < 1.29 is 15.8 Å². The molecule has 1 N–H and O–H groups in total. The normalized spacial score (nSPS) is 22.0. The summed E-state index contributed by atoms with van der Waals surface area (Å²) in [5.74, 6) is 0.380. The van der Waals surface area contributed by atoms with Crippen LogP contribution in [0.3, 0.4) is 0 Å². The number of para-hydroxylation sites is 1. The number of nitrogens with one attached hydrogen (secondary N) is 1. The maximum Gasteiger partial charge on any atom is 0.322 e. The fourth-order valence-corrected chi connectivity index (χ4v) is 8.05. The summed E-state index contributed by atoms with van der Waals surface area (Å²) >= 11 is 14.6. The monoisotopic (exact) mass is 604 g/mol. The van der Waals surface area contributed by atoms with Gasteiger partial charge in [-0.05, 0) is 55.4 Å². The van der Waals surface area contributed by atoms with Crippen LogP contribution in [0.4, 0.5) is 10.5 Å². The van der Waals surface area contributed by atoms with E-state index in [0.29, 0.717) is 42.1 Å². The number of nitrogens with zero attached hydrogens (tertiary/aromatic N) is 3. The van der Waals surface area contributed by atoms with Crippen molar-refractivity contribution in [1.29, 1.82) is 0 Å². The van der Waals surface area contributed by atoms with E-state index in [1.807, 2.05) is 32.9 Å². The zero-order valence-electron chi connectivity index (χ0n) is 22.9. The zero-order chi connectivity index (χ0) is 28.4. The Morgan fingerprint density at radius 3 is 2.45 bits per heavy atom. The Labute approximate surface area is 252 Å². The van der Waals surface area contributed by atoms with Gasteiger partial charge in [0.2, 0.25) is 11.8 Å². The van der Waals surface area contributed by atoms with E-state index in [1.165, 1.54) is 11.8 Å². The second kappa shape index (κ2) is 12.6. The average molecular weight is 606 g/mol. The molecule has 5 rings (SSSR count). The van der Waals surface area contributed by atoms with Crippen LogP contribution in [0.25, 0.3) is 0 Å². The van der Waals surface area contributed by atoms with Gasteiger partial charge in [0.1, 0.15) is 5.37 Å². The van der Waals surface area contributed by atoms with Crippen molar-refractivity contribution >= 4 is 58.5 Å². The van der Waals surface area contributed by atoms with Gasteiger partial charge >= 0.3 is 6.03 Å². The molecule has 2 aromatic rings. The predicted molar refractivity (Wildman–Crippen MR) is 164 cm³/mol. The molecule has 2 fully saturated rings. The van der Waals surface area contributed by atoms with E-state index in [9.17, 15) is 14.4 Å². The summed E-state index contributed by atoms with van der Waals surface area (Å²) in [5, 5.41) is 3.31. The van der Waals surface area contributed by atoms with Crippen LogP contribution in [-0.2, 0) is 16.0 Å². The number of anilines is 1. The number of piperidine rings is 1. The molecule has 7 nitrogen and oxygen atoms in total. The molecule has 0 radical (unpaired) electrons. The largest absolute Gasteiger partial charge is 0.342 e. The van der Waals surface area contributed by atoms with Gasteiger partial charge in [-0.1, -0.05) is 61.3 Å². The van der Waals surface area contributed by atoms with Crippen molar-refractivity contribution in [2.45, 2.75) is 62.6 Å². The van der Waals surface area contributed by atoms with Gasteiger partial charge in [0.25, 0.3) is 0 Å². The summed E-state index contributed by atoms with van der Waals surface area (Å²) in [5.41, 5.74) is 2.75. The third kappa shape index (κ3) is 6.24. The zero-order valence-corrected chi connectivity index (χ0v) is 25.3. The molecule has 2 saturated heterocycles. The summed E-state index contributed by atoms with van der Waals surface area (Å²) in [6, 6.07) is 13.3. The maximum atomic E-state index is 13.6. The molecule has 2 unspecified atom stereocenters. The van der Waals surface area contributed by atoms with E-state index in [0.717, 1.165) is 42.5 Å². The highest BCUT2D eigenvalue weighted by Gasteiger charge is 2.44. The Morgan fingerprint density at radius 1 is 1.05 bits per heavy atom. The molecule has 3 aliphatic rings. The van der Waals surface area contributed by atoms with Crippen molar-refractivity contribution in [2.75, 3.05) is 31.5 Å². The molecule has 0 aromatic heterocycles. The number of carbonyl (C=O) groups excluding carboxylic acids is 3. The van der Waals surface area contributed by atoms with Gasteiger partial charge in [-0.2, -0.15) is 0 Å². The number of hydrogen-bond acceptors (Lipinski definition) is 4. The highest BCUT2D eigenvalue weighted by molar-refractivity contribution is 8.01. The molecule has 40 heavy (non-hydrogen) atoms. The second-order valence-corrected chi connectivity index (χ2v) is 13.3. The molecule has 0 aliphatic carbocycles. The van der Waals surface area contributed by atoms with E-state index in [4.69, 9.17) is 23.2 Å². The van der Waals surface area contributed by atoms with Crippen molar-refractivity contribution in [3.63, 3.8) is 0 Å². The number of fused-ring (bicyclic) bond motifs is 1. The lowest BCUT2D eigenvalue weighted by atomic mass is 10.0. The third-order valence-electron chi connectivity index (χ3n) is 8.09. The van der Waals surface area contributed by atoms with Gasteiger partial charge in [0, 0.05) is 61.4 Å². The molecule has 4 amide bonds. The molecule has 2 atom stereocenters. The molecule has 0 saturated carbocycles. The summed E-state index contributed by atoms with van der Waals surface area (Å²) in [4.78, 5) is 45.5. The quantitative estimate of drug-likeness (QED) is 0.381. The first-order chi connectivity index (χ1) is 19.2. The minimum atomic E-state index is -0.482. The number of halogens is 2. The highest BCUT2D eigenvalue weighted by Crippen LogP contribution is 2.48. The molecule has 2 aromatic carbocycles. The van der Waals surface area contributed by atoms with Gasteiger partial charge in [-0.25, -0.2) is 4.79 Å². The van der Waals surface area contributed by atoms with Crippen LogP contribution in [0.15, 0.2) is 42.5 Å². The first-order valence-electron chi connectivity index (χ1n) is 14.1. The summed E-state index contributed by atoms with van der Waals surface area (Å²) in [6.07, 6.45) is 3.25. The van der Waals surface area contributed by atoms with Crippen LogP contribution in [0.5, 0.6) is 0 Å². The van der Waals surface area contributed by atoms with Crippen LogP contribution in [-0.4, -0.2) is 70.0 Å². The van der Waals surface area contributed by atoms with Gasteiger partial charge in [0.05, 0.1) is 5.25 Å². The van der Waals surface area contributed by atoms with E-state index in [1.54, 1.807) is 18.2 Å². The molecule has 0 spiro atoms. The minimum Gasteiger partial charge on any atom is -0.342 e. The van der Waals surface area contributed by atoms with Gasteiger partial charge in [0.15, 0.2) is 0 Å². The molecular formula is C30H38Cl2N4O3S. The number of hydrogen-bond donors (Lipinski definition) is 1. The van der Waals surface area contributed by atoms with Crippen LogP contribution in [0.2, 0.25) is 10.0 Å². The summed E-state index contributed by atoms with van der Waals surface area (Å²) in [7, 11) is 0. The lowest BCUT2D eigenvalue weighted by molar-refractivity contribution is -0.136. The van der Waals surface area contributed by atoms with Crippen LogP contribution in [0.1, 0.15) is 57.5 Å². The second-order valence-electron chi connectivity index (χ2n) is 11.2. The standard InChI is InChI=1S/C30H36Cl2N4O3S.H2/c1-19(2)10-16-36-28(38)25(40-29(36)27-22(31)7-5-8-23(27)32)18-26(37)34-14-12-21(13-15-34)35-17-11-20-6-3-4-9-24(20)33-30(35)39;/h3-9,19,21,25,29H,10-18H2,1-2H3,(H,33,39);1H. The van der Waals surface area contributed by atoms with E-state index < -0.39 is 5.25 Å². The fourth-order valence-electron chi connectivity index (χ4n) is 5.77. The van der Waals surface area contributed by atoms with E-state index in [2.05, 4.69) is 25.2 Å². The fraction of sp³-hybridized carbons (Fsp3) is 0.500. The number of benzene rings is 2. The first kappa shape index (κ1) is 29.1. The lowest BCUT2D eigenvalue weighted by Gasteiger charge is -2.38. The van der Waals surface area contributed by atoms with Crippen LogP contribution in [0, 0.1) is 5.92 Å². The Hall–Kier alpha value is -2.42. The smallest absolute Gasteiger partial charge is 0.322 e. The highest BCUT2D eigenvalue weighted by atomic mass is 35.5. The lowest BCUT2D eigenvalue weighted by Crippen LogP contribution is -2.50. The Balaban J connectivity index is 0.00000387. The van der Waals surface area contributed by atoms with Gasteiger partial charge in [-0.3, -0.25) is 9.59 Å². The Kier molecular flexibility index (Phi) is 9.18. The number of urea groups is 1. The van der Waals surface area contributed by atoms with Gasteiger partial charge in [-0.15, -0.1) is 11.8 Å². The number of thioether (sulfide) groups is 1.